The molecule has 13 rings (SSSR count). The molecule has 1 aromatic heterocycles. The van der Waals surface area contributed by atoms with Crippen LogP contribution in [-0.2, 0) is 0 Å². The Labute approximate surface area is 383 Å². The summed E-state index contributed by atoms with van der Waals surface area (Å²) in [6.45, 7) is 0. The Morgan fingerprint density at radius 2 is 0.818 bits per heavy atom. The molecule has 0 N–H and O–H groups in total. The molecule has 0 aliphatic carbocycles. The average Bonchev–Trinajstić information content (AvgIpc) is 3.74. The predicted octanol–water partition coefficient (Wildman–Crippen LogP) is 17.9. The maximum Gasteiger partial charge on any atom is 0.0619 e. The van der Waals surface area contributed by atoms with Crippen molar-refractivity contribution in [1.82, 2.24) is 4.57 Å². The van der Waals surface area contributed by atoms with Gasteiger partial charge in [0.05, 0.1) is 16.7 Å². The molecule has 0 bridgehead atoms. The Hall–Kier alpha value is -8.72. The normalized spacial score (nSPS) is 11.6. The summed E-state index contributed by atoms with van der Waals surface area (Å²) in [7, 11) is 0. The third kappa shape index (κ3) is 6.04. The topological polar surface area (TPSA) is 8.17 Å². The third-order valence-electron chi connectivity index (χ3n) is 13.5. The summed E-state index contributed by atoms with van der Waals surface area (Å²) >= 11 is 0. The van der Waals surface area contributed by atoms with Crippen molar-refractivity contribution >= 4 is 82.0 Å². The zero-order valence-electron chi connectivity index (χ0n) is 36.1. The van der Waals surface area contributed by atoms with Crippen LogP contribution in [0.25, 0.3) is 104 Å². The molecule has 2 nitrogen and oxygen atoms in total. The van der Waals surface area contributed by atoms with E-state index in [1.807, 2.05) is 0 Å². The molecule has 1 heterocycles. The van der Waals surface area contributed by atoms with Gasteiger partial charge in [-0.3, -0.25) is 0 Å². The summed E-state index contributed by atoms with van der Waals surface area (Å²) < 4.78 is 2.43. The van der Waals surface area contributed by atoms with Crippen LogP contribution in [0.3, 0.4) is 0 Å². The summed E-state index contributed by atoms with van der Waals surface area (Å²) in [6.07, 6.45) is 0. The van der Waals surface area contributed by atoms with Gasteiger partial charge in [0, 0.05) is 38.8 Å². The summed E-state index contributed by atoms with van der Waals surface area (Å²) in [4.78, 5) is 2.49. The van der Waals surface area contributed by atoms with Crippen molar-refractivity contribution in [2.45, 2.75) is 0 Å². The Bertz CT molecular complexity index is 3980. The SMILES string of the molecule is c1ccc(-c2c(-c3ccccc3)c3cc(N(c4cccc(-c5cccc6c7ccccc7n(-c7ccccc7)c56)c4)c4cccc5c4ccc4ccccc45)ccc3c3ccccc23)cc1. The molecule has 308 valence electrons. The van der Waals surface area contributed by atoms with Gasteiger partial charge in [-0.1, -0.05) is 206 Å². The highest BCUT2D eigenvalue weighted by Gasteiger charge is 2.23. The van der Waals surface area contributed by atoms with E-state index in [9.17, 15) is 0 Å². The number of fused-ring (bicyclic) bond motifs is 9. The van der Waals surface area contributed by atoms with E-state index in [0.717, 1.165) is 28.3 Å². The van der Waals surface area contributed by atoms with Gasteiger partial charge in [0.15, 0.2) is 0 Å². The van der Waals surface area contributed by atoms with Crippen molar-refractivity contribution < 1.29 is 0 Å². The molecule has 0 saturated carbocycles. The van der Waals surface area contributed by atoms with Gasteiger partial charge < -0.3 is 9.47 Å². The van der Waals surface area contributed by atoms with E-state index in [4.69, 9.17) is 0 Å². The van der Waals surface area contributed by atoms with Crippen molar-refractivity contribution in [3.63, 3.8) is 0 Å². The van der Waals surface area contributed by atoms with Crippen LogP contribution in [0.2, 0.25) is 0 Å². The smallest absolute Gasteiger partial charge is 0.0619 e. The minimum absolute atomic E-state index is 1.08. The van der Waals surface area contributed by atoms with Gasteiger partial charge in [-0.25, -0.2) is 0 Å². The quantitative estimate of drug-likeness (QED) is 0.145. The fourth-order valence-corrected chi connectivity index (χ4v) is 10.7. The number of nitrogens with zero attached hydrogens (tertiary/aromatic N) is 2. The molecule has 66 heavy (non-hydrogen) atoms. The molecule has 0 saturated heterocycles. The molecule has 0 radical (unpaired) electrons. The van der Waals surface area contributed by atoms with Gasteiger partial charge >= 0.3 is 0 Å². The van der Waals surface area contributed by atoms with E-state index in [1.165, 1.54) is 92.7 Å². The van der Waals surface area contributed by atoms with Crippen LogP contribution in [0, 0.1) is 0 Å². The Morgan fingerprint density at radius 1 is 0.288 bits per heavy atom. The monoisotopic (exact) mass is 838 g/mol. The number of para-hydroxylation sites is 3. The maximum atomic E-state index is 2.49. The van der Waals surface area contributed by atoms with Crippen LogP contribution in [0.4, 0.5) is 17.1 Å². The summed E-state index contributed by atoms with van der Waals surface area (Å²) in [6, 6.07) is 93.4. The van der Waals surface area contributed by atoms with Crippen molar-refractivity contribution in [3.05, 3.63) is 255 Å². The molecule has 2 heteroatoms. The van der Waals surface area contributed by atoms with Crippen molar-refractivity contribution in [2.24, 2.45) is 0 Å². The second-order valence-electron chi connectivity index (χ2n) is 17.2. The first-order chi connectivity index (χ1) is 32.8. The minimum atomic E-state index is 1.08. The number of rotatable bonds is 7. The zero-order chi connectivity index (χ0) is 43.6. The predicted molar refractivity (Wildman–Crippen MR) is 282 cm³/mol. The van der Waals surface area contributed by atoms with Gasteiger partial charge in [-0.05, 0) is 114 Å². The lowest BCUT2D eigenvalue weighted by Gasteiger charge is -2.29. The van der Waals surface area contributed by atoms with E-state index in [1.54, 1.807) is 0 Å². The fourth-order valence-electron chi connectivity index (χ4n) is 10.7. The first-order valence-corrected chi connectivity index (χ1v) is 22.8. The van der Waals surface area contributed by atoms with Crippen LogP contribution in [0.15, 0.2) is 255 Å². The van der Waals surface area contributed by atoms with E-state index in [-0.39, 0.29) is 0 Å². The molecule has 0 aliphatic rings. The van der Waals surface area contributed by atoms with Gasteiger partial charge in [0.25, 0.3) is 0 Å². The Morgan fingerprint density at radius 3 is 1.61 bits per heavy atom. The minimum Gasteiger partial charge on any atom is -0.310 e. The van der Waals surface area contributed by atoms with Crippen LogP contribution in [0.5, 0.6) is 0 Å². The fraction of sp³-hybridized carbons (Fsp3) is 0. The number of aromatic nitrogens is 1. The average molecular weight is 839 g/mol. The van der Waals surface area contributed by atoms with Crippen molar-refractivity contribution in [1.29, 1.82) is 0 Å². The molecule has 13 aromatic rings. The highest BCUT2D eigenvalue weighted by Crippen LogP contribution is 2.48. The molecule has 0 unspecified atom stereocenters. The van der Waals surface area contributed by atoms with Crippen LogP contribution >= 0.6 is 0 Å². The number of anilines is 3. The Balaban J connectivity index is 1.11. The second kappa shape index (κ2) is 15.5. The lowest BCUT2D eigenvalue weighted by Crippen LogP contribution is -2.11. The summed E-state index contributed by atoms with van der Waals surface area (Å²) in [5, 5.41) is 12.3. The summed E-state index contributed by atoms with van der Waals surface area (Å²) in [5.41, 5.74) is 14.0. The first kappa shape index (κ1) is 37.8. The molecule has 0 spiro atoms. The molecule has 0 aliphatic heterocycles. The van der Waals surface area contributed by atoms with Crippen molar-refractivity contribution in [2.75, 3.05) is 4.90 Å². The number of hydrogen-bond acceptors (Lipinski definition) is 1. The highest BCUT2D eigenvalue weighted by molar-refractivity contribution is 6.23. The molecule has 12 aromatic carbocycles. The molecular weight excluding hydrogens is 797 g/mol. The lowest BCUT2D eigenvalue weighted by atomic mass is 9.85. The van der Waals surface area contributed by atoms with Gasteiger partial charge in [-0.2, -0.15) is 0 Å². The van der Waals surface area contributed by atoms with E-state index in [2.05, 4.69) is 264 Å². The Kier molecular flexibility index (Phi) is 8.89. The van der Waals surface area contributed by atoms with Gasteiger partial charge in [0.2, 0.25) is 0 Å². The lowest BCUT2D eigenvalue weighted by molar-refractivity contribution is 1.18. The van der Waals surface area contributed by atoms with Gasteiger partial charge in [0.1, 0.15) is 0 Å². The molecule has 0 atom stereocenters. The maximum absolute atomic E-state index is 2.49. The van der Waals surface area contributed by atoms with Crippen LogP contribution in [0.1, 0.15) is 0 Å². The molecular formula is C64H42N2. The van der Waals surface area contributed by atoms with E-state index in [0.29, 0.717) is 0 Å². The summed E-state index contributed by atoms with van der Waals surface area (Å²) in [5.74, 6) is 0. The second-order valence-corrected chi connectivity index (χ2v) is 17.2. The molecule has 0 fully saturated rings. The van der Waals surface area contributed by atoms with Crippen LogP contribution in [-0.4, -0.2) is 4.57 Å². The van der Waals surface area contributed by atoms with Crippen LogP contribution < -0.4 is 4.90 Å². The standard InChI is InChI=1S/C64H42N2/c1-4-20-44(21-5-1)62-57-31-13-12-29-53(57)54-40-38-49(42-59(54)63(62)45-22-6-2-7-23-45)65(60-36-18-33-52-50-28-11-10-19-43(50)37-39-56(52)60)48-27-16-24-46(41-48)51-32-17-34-58-55-30-14-15-35-61(55)66(64(51)58)47-25-8-3-9-26-47/h1-42H. The van der Waals surface area contributed by atoms with Crippen molar-refractivity contribution in [3.8, 4) is 39.1 Å². The highest BCUT2D eigenvalue weighted by atomic mass is 15.1. The number of benzene rings is 12. The van der Waals surface area contributed by atoms with E-state index < -0.39 is 0 Å². The number of hydrogen-bond donors (Lipinski definition) is 0. The first-order valence-electron chi connectivity index (χ1n) is 22.8. The largest absolute Gasteiger partial charge is 0.310 e. The van der Waals surface area contributed by atoms with Gasteiger partial charge in [-0.15, -0.1) is 0 Å². The third-order valence-corrected chi connectivity index (χ3v) is 13.5. The molecule has 0 amide bonds. The zero-order valence-corrected chi connectivity index (χ0v) is 36.1. The van der Waals surface area contributed by atoms with E-state index >= 15 is 0 Å².